The molecule has 0 spiro atoms. The van der Waals surface area contributed by atoms with E-state index in [1.165, 1.54) is 48.7 Å². The minimum atomic E-state index is 0.619. The summed E-state index contributed by atoms with van der Waals surface area (Å²) >= 11 is 0. The second-order valence-electron chi connectivity index (χ2n) is 14.9. The van der Waals surface area contributed by atoms with Crippen LogP contribution in [-0.4, -0.2) is 19.1 Å². The second kappa shape index (κ2) is 11.4. The lowest BCUT2D eigenvalue weighted by Gasteiger charge is -2.14. The van der Waals surface area contributed by atoms with E-state index < -0.39 is 0 Å². The predicted molar refractivity (Wildman–Crippen MR) is 236 cm³/mol. The van der Waals surface area contributed by atoms with Gasteiger partial charge < -0.3 is 8.98 Å². The van der Waals surface area contributed by atoms with Crippen LogP contribution in [0.25, 0.3) is 121 Å². The standard InChI is InChI=1S/C52H30N4O/c1-3-14-34-31(12-1)25-29-44-48(34)39-28-26-33(55-43-21-9-6-16-36(43)37-27-24-32-13-2-4-15-35(32)51(37)55)30-45(39)56(44)52-53-42-20-8-5-17-38(42)50(54-52)41-19-11-23-47-49(41)40-18-7-10-22-46(40)57-47/h1-30H. The van der Waals surface area contributed by atoms with Crippen LogP contribution in [0.3, 0.4) is 0 Å². The van der Waals surface area contributed by atoms with Gasteiger partial charge in [0.1, 0.15) is 11.2 Å². The number of para-hydroxylation sites is 3. The number of hydrogen-bond donors (Lipinski definition) is 0. The number of fused-ring (bicyclic) bond motifs is 14. The molecule has 0 radical (unpaired) electrons. The van der Waals surface area contributed by atoms with Gasteiger partial charge in [-0.3, -0.25) is 4.57 Å². The van der Waals surface area contributed by atoms with Gasteiger partial charge in [0, 0.05) is 54.3 Å². The van der Waals surface area contributed by atoms with E-state index in [0.717, 1.165) is 66.2 Å². The summed E-state index contributed by atoms with van der Waals surface area (Å²) in [5, 5.41) is 12.7. The summed E-state index contributed by atoms with van der Waals surface area (Å²) in [7, 11) is 0. The van der Waals surface area contributed by atoms with Gasteiger partial charge in [-0.1, -0.05) is 140 Å². The van der Waals surface area contributed by atoms with Crippen LogP contribution in [0.5, 0.6) is 0 Å². The van der Waals surface area contributed by atoms with Crippen LogP contribution in [0, 0.1) is 0 Å². The van der Waals surface area contributed by atoms with Gasteiger partial charge in [-0.2, -0.15) is 0 Å². The van der Waals surface area contributed by atoms with Crippen LogP contribution in [-0.2, 0) is 0 Å². The van der Waals surface area contributed by atoms with Gasteiger partial charge in [-0.25, -0.2) is 9.97 Å². The zero-order valence-electron chi connectivity index (χ0n) is 30.5. The summed E-state index contributed by atoms with van der Waals surface area (Å²) in [4.78, 5) is 10.9. The SMILES string of the molecule is c1ccc2c(c1)ccc1c2c2ccc(-n3c4ccccc4c4ccc5ccccc5c43)cc2n1-c1nc(-c2cccc3oc4ccccc4c23)c2ccccc2n1. The molecular formula is C52H30N4O. The van der Waals surface area contributed by atoms with Crippen LogP contribution < -0.4 is 0 Å². The third-order valence-electron chi connectivity index (χ3n) is 11.9. The van der Waals surface area contributed by atoms with Crippen molar-refractivity contribution in [2.45, 2.75) is 0 Å². The Labute approximate surface area is 325 Å². The molecule has 0 aliphatic rings. The number of nitrogens with zero attached hydrogens (tertiary/aromatic N) is 4. The van der Waals surface area contributed by atoms with E-state index >= 15 is 0 Å². The molecule has 4 aromatic heterocycles. The molecule has 57 heavy (non-hydrogen) atoms. The van der Waals surface area contributed by atoms with Crippen LogP contribution in [0.1, 0.15) is 0 Å². The minimum absolute atomic E-state index is 0.619. The highest BCUT2D eigenvalue weighted by molar-refractivity contribution is 6.23. The number of furan rings is 1. The Kier molecular flexibility index (Phi) is 6.10. The topological polar surface area (TPSA) is 48.8 Å². The number of rotatable bonds is 3. The second-order valence-corrected chi connectivity index (χ2v) is 14.9. The number of aromatic nitrogens is 4. The monoisotopic (exact) mass is 726 g/mol. The van der Waals surface area contributed by atoms with Gasteiger partial charge in [-0.05, 0) is 58.6 Å². The maximum Gasteiger partial charge on any atom is 0.235 e. The van der Waals surface area contributed by atoms with Gasteiger partial charge in [0.2, 0.25) is 5.95 Å². The average molecular weight is 727 g/mol. The van der Waals surface area contributed by atoms with Crippen molar-refractivity contribution < 1.29 is 4.42 Å². The fourth-order valence-electron chi connectivity index (χ4n) is 9.47. The molecule has 0 N–H and O–H groups in total. The summed E-state index contributed by atoms with van der Waals surface area (Å²) < 4.78 is 11.1. The summed E-state index contributed by atoms with van der Waals surface area (Å²) in [6, 6.07) is 64.8. The average Bonchev–Trinajstić information content (AvgIpc) is 3.94. The molecule has 13 aromatic rings. The van der Waals surface area contributed by atoms with Gasteiger partial charge in [0.25, 0.3) is 0 Å². The predicted octanol–water partition coefficient (Wildman–Crippen LogP) is 13.7. The quantitative estimate of drug-likeness (QED) is 0.182. The Bertz CT molecular complexity index is 3830. The molecular weight excluding hydrogens is 697 g/mol. The summed E-state index contributed by atoms with van der Waals surface area (Å²) in [6.07, 6.45) is 0. The fraction of sp³-hybridized carbons (Fsp3) is 0. The highest BCUT2D eigenvalue weighted by Gasteiger charge is 2.22. The van der Waals surface area contributed by atoms with E-state index in [4.69, 9.17) is 14.4 Å². The highest BCUT2D eigenvalue weighted by Crippen LogP contribution is 2.42. The summed E-state index contributed by atoms with van der Waals surface area (Å²) in [5.41, 5.74) is 10.0. The first-order chi connectivity index (χ1) is 28.3. The molecule has 5 heteroatoms. The molecule has 0 saturated carbocycles. The van der Waals surface area contributed by atoms with Crippen LogP contribution in [0.15, 0.2) is 186 Å². The maximum atomic E-state index is 6.37. The Morgan fingerprint density at radius 1 is 0.386 bits per heavy atom. The van der Waals surface area contributed by atoms with E-state index in [1.54, 1.807) is 0 Å². The van der Waals surface area contributed by atoms with Crippen molar-refractivity contribution in [1.82, 2.24) is 19.1 Å². The molecule has 0 fully saturated rings. The zero-order valence-corrected chi connectivity index (χ0v) is 30.5. The molecule has 0 atom stereocenters. The van der Waals surface area contributed by atoms with Crippen LogP contribution in [0.2, 0.25) is 0 Å². The summed E-state index contributed by atoms with van der Waals surface area (Å²) in [6.45, 7) is 0. The summed E-state index contributed by atoms with van der Waals surface area (Å²) in [5.74, 6) is 0.619. The normalized spacial score (nSPS) is 12.2. The molecule has 0 unspecified atom stereocenters. The molecule has 0 saturated heterocycles. The molecule has 264 valence electrons. The van der Waals surface area contributed by atoms with E-state index in [1.807, 2.05) is 18.2 Å². The minimum Gasteiger partial charge on any atom is -0.456 e. The van der Waals surface area contributed by atoms with Crippen molar-refractivity contribution in [2.24, 2.45) is 0 Å². The molecule has 0 aliphatic heterocycles. The van der Waals surface area contributed by atoms with Crippen molar-refractivity contribution in [2.75, 3.05) is 0 Å². The maximum absolute atomic E-state index is 6.37. The van der Waals surface area contributed by atoms with E-state index in [-0.39, 0.29) is 0 Å². The van der Waals surface area contributed by atoms with Crippen molar-refractivity contribution in [1.29, 1.82) is 0 Å². The van der Waals surface area contributed by atoms with Crippen molar-refractivity contribution >= 4 is 98.0 Å². The Morgan fingerprint density at radius 2 is 1.07 bits per heavy atom. The van der Waals surface area contributed by atoms with Crippen molar-refractivity contribution in [3.05, 3.63) is 182 Å². The van der Waals surface area contributed by atoms with Crippen molar-refractivity contribution in [3.63, 3.8) is 0 Å². The molecule has 0 bridgehead atoms. The van der Waals surface area contributed by atoms with Gasteiger partial charge >= 0.3 is 0 Å². The van der Waals surface area contributed by atoms with Crippen LogP contribution >= 0.6 is 0 Å². The smallest absolute Gasteiger partial charge is 0.235 e. The largest absolute Gasteiger partial charge is 0.456 e. The number of hydrogen-bond acceptors (Lipinski definition) is 3. The third kappa shape index (κ3) is 4.23. The van der Waals surface area contributed by atoms with Gasteiger partial charge in [0.15, 0.2) is 0 Å². The van der Waals surface area contributed by atoms with Gasteiger partial charge in [-0.15, -0.1) is 0 Å². The van der Waals surface area contributed by atoms with E-state index in [2.05, 4.69) is 173 Å². The molecule has 0 amide bonds. The van der Waals surface area contributed by atoms with Crippen molar-refractivity contribution in [3.8, 4) is 22.9 Å². The first-order valence-electron chi connectivity index (χ1n) is 19.3. The lowest BCUT2D eigenvalue weighted by atomic mass is 10.0. The molecule has 5 nitrogen and oxygen atoms in total. The third-order valence-corrected chi connectivity index (χ3v) is 11.9. The lowest BCUT2D eigenvalue weighted by Crippen LogP contribution is -2.04. The molecule has 4 heterocycles. The lowest BCUT2D eigenvalue weighted by molar-refractivity contribution is 0.669. The van der Waals surface area contributed by atoms with Crippen LogP contribution in [0.4, 0.5) is 0 Å². The first-order valence-corrected chi connectivity index (χ1v) is 19.3. The molecule has 0 aliphatic carbocycles. The Balaban J connectivity index is 1.17. The number of benzene rings is 9. The van der Waals surface area contributed by atoms with Gasteiger partial charge in [0.05, 0.1) is 33.3 Å². The Hall–Kier alpha value is -7.76. The highest BCUT2D eigenvalue weighted by atomic mass is 16.3. The zero-order chi connectivity index (χ0) is 37.2. The molecule has 9 aromatic carbocycles. The fourth-order valence-corrected chi connectivity index (χ4v) is 9.47. The molecule has 13 rings (SSSR count). The first kappa shape index (κ1) is 30.6. The van der Waals surface area contributed by atoms with E-state index in [9.17, 15) is 0 Å². The Morgan fingerprint density at radius 3 is 1.96 bits per heavy atom. The van der Waals surface area contributed by atoms with E-state index in [0.29, 0.717) is 5.95 Å².